The minimum atomic E-state index is 0.0601. The molecule has 0 fully saturated rings. The van der Waals surface area contributed by atoms with Crippen molar-refractivity contribution in [2.45, 2.75) is 13.0 Å². The Bertz CT molecular complexity index is 307. The van der Waals surface area contributed by atoms with Crippen molar-refractivity contribution in [2.75, 3.05) is 5.32 Å². The van der Waals surface area contributed by atoms with E-state index in [0.29, 0.717) is 13.0 Å². The number of nitrogens with zero attached hydrogens (tertiary/aromatic N) is 2. The molecule has 0 bridgehead atoms. The number of fused-ring (bicyclic) bond motifs is 1. The summed E-state index contributed by atoms with van der Waals surface area (Å²) in [6.45, 7) is 0.673. The summed E-state index contributed by atoms with van der Waals surface area (Å²) in [6, 6.07) is 1.79. The summed E-state index contributed by atoms with van der Waals surface area (Å²) >= 11 is 3.23. The number of hydrogen-bond donors (Lipinski definition) is 1. The molecule has 2 rings (SSSR count). The Morgan fingerprint density at radius 2 is 2.55 bits per heavy atom. The van der Waals surface area contributed by atoms with Crippen LogP contribution >= 0.6 is 15.9 Å². The molecule has 0 spiro atoms. The van der Waals surface area contributed by atoms with Crippen molar-refractivity contribution in [1.29, 1.82) is 0 Å². The molecular weight excluding hydrogens is 210 g/mol. The zero-order chi connectivity index (χ0) is 7.84. The third-order valence-electron chi connectivity index (χ3n) is 1.57. The highest BCUT2D eigenvalue weighted by Gasteiger charge is 2.15. The highest BCUT2D eigenvalue weighted by atomic mass is 79.9. The second-order valence-electron chi connectivity index (χ2n) is 2.37. The number of amides is 1. The van der Waals surface area contributed by atoms with Crippen molar-refractivity contribution in [3.05, 3.63) is 10.7 Å². The van der Waals surface area contributed by atoms with Crippen molar-refractivity contribution >= 4 is 27.7 Å². The van der Waals surface area contributed by atoms with Crippen LogP contribution in [0.3, 0.4) is 0 Å². The molecule has 0 atom stereocenters. The fourth-order valence-electron chi connectivity index (χ4n) is 1.07. The van der Waals surface area contributed by atoms with Gasteiger partial charge < -0.3 is 5.32 Å². The van der Waals surface area contributed by atoms with E-state index in [2.05, 4.69) is 26.3 Å². The average Bonchev–Trinajstić information content (AvgIpc) is 2.27. The van der Waals surface area contributed by atoms with Crippen molar-refractivity contribution < 1.29 is 4.79 Å². The van der Waals surface area contributed by atoms with Crippen molar-refractivity contribution in [3.63, 3.8) is 0 Å². The summed E-state index contributed by atoms with van der Waals surface area (Å²) in [4.78, 5) is 10.9. The van der Waals surface area contributed by atoms with Gasteiger partial charge in [-0.05, 0) is 15.9 Å². The second kappa shape index (κ2) is 2.34. The maximum atomic E-state index is 10.9. The minimum Gasteiger partial charge on any atom is -0.311 e. The first kappa shape index (κ1) is 6.84. The van der Waals surface area contributed by atoms with Crippen molar-refractivity contribution in [1.82, 2.24) is 9.78 Å². The Balaban J connectivity index is 2.41. The van der Waals surface area contributed by atoms with Gasteiger partial charge in [0.05, 0.1) is 6.54 Å². The number of nitrogens with one attached hydrogen (secondary N) is 1. The van der Waals surface area contributed by atoms with Crippen LogP contribution in [0.4, 0.5) is 5.82 Å². The number of aryl methyl sites for hydroxylation is 1. The predicted molar refractivity (Wildman–Crippen MR) is 43.2 cm³/mol. The molecular formula is C6H6BrN3O. The third-order valence-corrected chi connectivity index (χ3v) is 1.96. The summed E-state index contributed by atoms with van der Waals surface area (Å²) < 4.78 is 2.53. The molecule has 0 aliphatic carbocycles. The summed E-state index contributed by atoms with van der Waals surface area (Å²) in [5, 5.41) is 6.82. The van der Waals surface area contributed by atoms with Gasteiger partial charge in [-0.25, -0.2) is 4.68 Å². The lowest BCUT2D eigenvalue weighted by Crippen LogP contribution is -2.23. The average molecular weight is 216 g/mol. The number of anilines is 1. The fourth-order valence-corrected chi connectivity index (χ4v) is 1.48. The molecule has 1 aromatic rings. The standard InChI is InChI=1S/C6H6BrN3O/c7-4-3-5-8-6(11)1-2-10(5)9-4/h3H,1-2H2,(H,8,11). The van der Waals surface area contributed by atoms with Crippen molar-refractivity contribution in [3.8, 4) is 0 Å². The van der Waals surface area contributed by atoms with Gasteiger partial charge in [0.1, 0.15) is 10.4 Å². The molecule has 1 amide bonds. The second-order valence-corrected chi connectivity index (χ2v) is 3.19. The van der Waals surface area contributed by atoms with Gasteiger partial charge >= 0.3 is 0 Å². The summed E-state index contributed by atoms with van der Waals surface area (Å²) in [5.74, 6) is 0.832. The van der Waals surface area contributed by atoms with E-state index in [0.717, 1.165) is 10.4 Å². The maximum absolute atomic E-state index is 10.9. The Labute approximate surface area is 71.7 Å². The molecule has 4 nitrogen and oxygen atoms in total. The number of aromatic nitrogens is 2. The van der Waals surface area contributed by atoms with E-state index in [1.54, 1.807) is 10.7 Å². The third kappa shape index (κ3) is 1.16. The van der Waals surface area contributed by atoms with Crippen molar-refractivity contribution in [2.24, 2.45) is 0 Å². The van der Waals surface area contributed by atoms with Gasteiger partial charge in [0, 0.05) is 12.5 Å². The van der Waals surface area contributed by atoms with Gasteiger partial charge in [0.25, 0.3) is 0 Å². The molecule has 0 saturated carbocycles. The van der Waals surface area contributed by atoms with Gasteiger partial charge in [-0.2, -0.15) is 5.10 Å². The molecule has 58 valence electrons. The lowest BCUT2D eigenvalue weighted by molar-refractivity contribution is -0.116. The van der Waals surface area contributed by atoms with E-state index in [-0.39, 0.29) is 5.91 Å². The Morgan fingerprint density at radius 3 is 3.36 bits per heavy atom. The van der Waals surface area contributed by atoms with Crippen LogP contribution in [0.15, 0.2) is 10.7 Å². The minimum absolute atomic E-state index is 0.0601. The molecule has 0 saturated heterocycles. The quantitative estimate of drug-likeness (QED) is 0.702. The topological polar surface area (TPSA) is 46.9 Å². The first-order valence-corrected chi connectivity index (χ1v) is 4.08. The van der Waals surface area contributed by atoms with Crippen LogP contribution in [-0.2, 0) is 11.3 Å². The van der Waals surface area contributed by atoms with E-state index in [9.17, 15) is 4.79 Å². The summed E-state index contributed by atoms with van der Waals surface area (Å²) in [5.41, 5.74) is 0. The SMILES string of the molecule is O=C1CCn2nc(Br)cc2N1. The number of hydrogen-bond acceptors (Lipinski definition) is 2. The lowest BCUT2D eigenvalue weighted by atomic mass is 10.3. The van der Waals surface area contributed by atoms with Gasteiger partial charge in [0.15, 0.2) is 0 Å². The first-order chi connectivity index (χ1) is 5.25. The smallest absolute Gasteiger partial charge is 0.227 e. The summed E-state index contributed by atoms with van der Waals surface area (Å²) in [7, 11) is 0. The molecule has 1 aliphatic rings. The number of carbonyl (C=O) groups excluding carboxylic acids is 1. The molecule has 0 unspecified atom stereocenters. The predicted octanol–water partition coefficient (Wildman–Crippen LogP) is 0.988. The Kier molecular flexibility index (Phi) is 1.45. The van der Waals surface area contributed by atoms with Crippen LogP contribution < -0.4 is 5.32 Å². The van der Waals surface area contributed by atoms with Crippen LogP contribution in [0.1, 0.15) is 6.42 Å². The molecule has 1 aromatic heterocycles. The zero-order valence-electron chi connectivity index (χ0n) is 5.67. The van der Waals surface area contributed by atoms with Crippen LogP contribution in [0.5, 0.6) is 0 Å². The van der Waals surface area contributed by atoms with E-state index in [1.165, 1.54) is 0 Å². The van der Waals surface area contributed by atoms with Gasteiger partial charge in [-0.3, -0.25) is 4.79 Å². The summed E-state index contributed by atoms with van der Waals surface area (Å²) in [6.07, 6.45) is 0.515. The largest absolute Gasteiger partial charge is 0.311 e. The zero-order valence-corrected chi connectivity index (χ0v) is 7.26. The maximum Gasteiger partial charge on any atom is 0.227 e. The van der Waals surface area contributed by atoms with Crippen LogP contribution in [-0.4, -0.2) is 15.7 Å². The fraction of sp³-hybridized carbons (Fsp3) is 0.333. The van der Waals surface area contributed by atoms with E-state index >= 15 is 0 Å². The molecule has 2 heterocycles. The number of carbonyl (C=O) groups is 1. The van der Waals surface area contributed by atoms with Gasteiger partial charge in [-0.1, -0.05) is 0 Å². The van der Waals surface area contributed by atoms with Gasteiger partial charge in [-0.15, -0.1) is 0 Å². The lowest BCUT2D eigenvalue weighted by Gasteiger charge is -2.13. The van der Waals surface area contributed by atoms with Crippen LogP contribution in [0.2, 0.25) is 0 Å². The first-order valence-electron chi connectivity index (χ1n) is 3.29. The van der Waals surface area contributed by atoms with E-state index < -0.39 is 0 Å². The Morgan fingerprint density at radius 1 is 1.73 bits per heavy atom. The number of rotatable bonds is 0. The molecule has 1 aliphatic heterocycles. The highest BCUT2D eigenvalue weighted by Crippen LogP contribution is 2.18. The van der Waals surface area contributed by atoms with Crippen LogP contribution in [0.25, 0.3) is 0 Å². The molecule has 1 N–H and O–H groups in total. The van der Waals surface area contributed by atoms with Gasteiger partial charge in [0.2, 0.25) is 5.91 Å². The van der Waals surface area contributed by atoms with E-state index in [4.69, 9.17) is 0 Å². The number of halogens is 1. The highest BCUT2D eigenvalue weighted by molar-refractivity contribution is 9.10. The van der Waals surface area contributed by atoms with E-state index in [1.807, 2.05) is 0 Å². The molecule has 0 aromatic carbocycles. The Hall–Kier alpha value is -0.840. The molecule has 5 heteroatoms. The molecule has 0 radical (unpaired) electrons. The normalized spacial score (nSPS) is 15.9. The monoisotopic (exact) mass is 215 g/mol. The van der Waals surface area contributed by atoms with Crippen LogP contribution in [0, 0.1) is 0 Å². The molecule has 11 heavy (non-hydrogen) atoms.